The van der Waals surface area contributed by atoms with E-state index in [1.54, 1.807) is 13.8 Å². The maximum Gasteiger partial charge on any atom is 0.338 e. The van der Waals surface area contributed by atoms with E-state index in [9.17, 15) is 13.2 Å². The van der Waals surface area contributed by atoms with E-state index in [4.69, 9.17) is 5.14 Å². The number of aryl methyl sites for hydroxylation is 1. The summed E-state index contributed by atoms with van der Waals surface area (Å²) in [5.41, 5.74) is 1.57. The maximum absolute atomic E-state index is 11.4. The lowest BCUT2D eigenvalue weighted by Gasteiger charge is -2.09. The van der Waals surface area contributed by atoms with Crippen molar-refractivity contribution in [2.75, 3.05) is 7.11 Å². The van der Waals surface area contributed by atoms with E-state index < -0.39 is 16.0 Å². The highest BCUT2D eigenvalue weighted by molar-refractivity contribution is 7.89. The molecular weight excluding hydrogens is 230 g/mol. The fourth-order valence-electron chi connectivity index (χ4n) is 1.31. The summed E-state index contributed by atoms with van der Waals surface area (Å²) in [5, 5.41) is 5.01. The van der Waals surface area contributed by atoms with Crippen molar-refractivity contribution < 1.29 is 17.9 Å². The Hall–Kier alpha value is -1.40. The van der Waals surface area contributed by atoms with E-state index in [0.29, 0.717) is 11.1 Å². The summed E-state index contributed by atoms with van der Waals surface area (Å²) in [6.07, 6.45) is 0. The molecule has 1 aromatic carbocycles. The van der Waals surface area contributed by atoms with Crippen molar-refractivity contribution in [1.29, 1.82) is 0 Å². The highest BCUT2D eigenvalue weighted by atomic mass is 32.2. The largest absolute Gasteiger partial charge is 0.465 e. The van der Waals surface area contributed by atoms with E-state index in [1.165, 1.54) is 19.2 Å². The molecule has 0 saturated heterocycles. The average molecular weight is 243 g/mol. The van der Waals surface area contributed by atoms with Crippen LogP contribution in [0.15, 0.2) is 17.0 Å². The van der Waals surface area contributed by atoms with E-state index in [-0.39, 0.29) is 10.5 Å². The smallest absolute Gasteiger partial charge is 0.338 e. The zero-order valence-electron chi connectivity index (χ0n) is 9.27. The van der Waals surface area contributed by atoms with Crippen molar-refractivity contribution in [2.24, 2.45) is 5.14 Å². The molecule has 0 saturated carbocycles. The molecule has 0 atom stereocenters. The molecule has 0 heterocycles. The minimum atomic E-state index is -3.81. The van der Waals surface area contributed by atoms with Gasteiger partial charge in [0.2, 0.25) is 10.0 Å². The van der Waals surface area contributed by atoms with Gasteiger partial charge in [0.05, 0.1) is 17.6 Å². The Morgan fingerprint density at radius 3 is 2.31 bits per heavy atom. The van der Waals surface area contributed by atoms with Crippen molar-refractivity contribution >= 4 is 16.0 Å². The molecular formula is C10H13NO4S. The number of hydrogen-bond donors (Lipinski definition) is 1. The van der Waals surface area contributed by atoms with Crippen LogP contribution in [0.2, 0.25) is 0 Å². The zero-order chi connectivity index (χ0) is 12.5. The minimum absolute atomic E-state index is 0.0870. The first-order valence-corrected chi connectivity index (χ1v) is 6.04. The van der Waals surface area contributed by atoms with Gasteiger partial charge in [0.25, 0.3) is 0 Å². The number of methoxy groups -OCH3 is 1. The lowest BCUT2D eigenvalue weighted by molar-refractivity contribution is 0.0599. The number of hydrogen-bond acceptors (Lipinski definition) is 4. The first kappa shape index (κ1) is 12.7. The van der Waals surface area contributed by atoms with E-state index in [1.807, 2.05) is 0 Å². The van der Waals surface area contributed by atoms with Crippen LogP contribution in [0.25, 0.3) is 0 Å². The van der Waals surface area contributed by atoms with Gasteiger partial charge in [-0.2, -0.15) is 0 Å². The van der Waals surface area contributed by atoms with Crippen LogP contribution in [0.4, 0.5) is 0 Å². The molecule has 0 amide bonds. The number of benzene rings is 1. The second kappa shape index (κ2) is 4.23. The molecule has 16 heavy (non-hydrogen) atoms. The number of primary sulfonamides is 1. The molecule has 0 aliphatic carbocycles. The highest BCUT2D eigenvalue weighted by Crippen LogP contribution is 2.19. The highest BCUT2D eigenvalue weighted by Gasteiger charge is 2.17. The third kappa shape index (κ3) is 2.40. The van der Waals surface area contributed by atoms with Crippen molar-refractivity contribution in [2.45, 2.75) is 18.7 Å². The molecule has 5 nitrogen and oxygen atoms in total. The van der Waals surface area contributed by atoms with E-state index in [0.717, 1.165) is 0 Å². The molecule has 0 spiro atoms. The number of rotatable bonds is 2. The van der Waals surface area contributed by atoms with Crippen LogP contribution in [-0.4, -0.2) is 21.5 Å². The van der Waals surface area contributed by atoms with Crippen LogP contribution in [0.5, 0.6) is 0 Å². The monoisotopic (exact) mass is 243 g/mol. The fraction of sp³-hybridized carbons (Fsp3) is 0.300. The molecule has 1 aromatic rings. The van der Waals surface area contributed by atoms with Gasteiger partial charge >= 0.3 is 5.97 Å². The fourth-order valence-corrected chi connectivity index (χ4v) is 1.94. The zero-order valence-corrected chi connectivity index (χ0v) is 10.1. The molecule has 0 bridgehead atoms. The quantitative estimate of drug-likeness (QED) is 0.776. The number of esters is 1. The molecule has 0 aliphatic rings. The predicted octanol–water partition coefficient (Wildman–Crippen LogP) is 0.737. The van der Waals surface area contributed by atoms with Crippen LogP contribution in [-0.2, 0) is 14.8 Å². The summed E-state index contributed by atoms with van der Waals surface area (Å²) in [6, 6.07) is 2.65. The molecule has 1 rings (SSSR count). The molecule has 0 unspecified atom stereocenters. The Labute approximate surface area is 94.3 Å². The molecule has 6 heteroatoms. The second-order valence-electron chi connectivity index (χ2n) is 3.45. The Bertz CT molecular complexity index is 534. The Morgan fingerprint density at radius 2 is 1.88 bits per heavy atom. The van der Waals surface area contributed by atoms with Gasteiger partial charge in [-0.15, -0.1) is 0 Å². The van der Waals surface area contributed by atoms with E-state index in [2.05, 4.69) is 4.74 Å². The molecule has 88 valence electrons. The van der Waals surface area contributed by atoms with Gasteiger partial charge in [0, 0.05) is 0 Å². The maximum atomic E-state index is 11.4. The van der Waals surface area contributed by atoms with E-state index >= 15 is 0 Å². The van der Waals surface area contributed by atoms with Crippen LogP contribution in [0.3, 0.4) is 0 Å². The Morgan fingerprint density at radius 1 is 1.31 bits per heavy atom. The third-order valence-electron chi connectivity index (χ3n) is 2.37. The van der Waals surface area contributed by atoms with Gasteiger partial charge in [-0.25, -0.2) is 18.4 Å². The number of sulfonamides is 1. The second-order valence-corrected chi connectivity index (χ2v) is 5.01. The summed E-state index contributed by atoms with van der Waals surface area (Å²) in [7, 11) is -2.58. The summed E-state index contributed by atoms with van der Waals surface area (Å²) >= 11 is 0. The summed E-state index contributed by atoms with van der Waals surface area (Å²) < 4.78 is 26.9. The van der Waals surface area contributed by atoms with Gasteiger partial charge in [-0.1, -0.05) is 0 Å². The van der Waals surface area contributed by atoms with Crippen molar-refractivity contribution in [3.63, 3.8) is 0 Å². The number of carbonyl (C=O) groups is 1. The van der Waals surface area contributed by atoms with Crippen molar-refractivity contribution in [3.05, 3.63) is 28.8 Å². The number of nitrogens with two attached hydrogens (primary N) is 1. The predicted molar refractivity (Wildman–Crippen MR) is 58.6 cm³/mol. The van der Waals surface area contributed by atoms with Gasteiger partial charge in [0.15, 0.2) is 0 Å². The lowest BCUT2D eigenvalue weighted by Crippen LogP contribution is -2.15. The summed E-state index contributed by atoms with van der Waals surface area (Å²) in [5.74, 6) is -0.578. The standard InChI is InChI=1S/C10H13NO4S/c1-6-4-8(16(11,13)14)5-9(7(6)2)10(12)15-3/h4-5H,1-3H3,(H2,11,13,14). The normalized spacial score (nSPS) is 11.2. The van der Waals surface area contributed by atoms with Crippen LogP contribution in [0.1, 0.15) is 21.5 Å². The molecule has 0 radical (unpaired) electrons. The third-order valence-corrected chi connectivity index (χ3v) is 3.27. The summed E-state index contributed by atoms with van der Waals surface area (Å²) in [4.78, 5) is 11.3. The van der Waals surface area contributed by atoms with Gasteiger partial charge in [-0.3, -0.25) is 0 Å². The Balaban J connectivity index is 3.51. The first-order valence-electron chi connectivity index (χ1n) is 4.49. The van der Waals surface area contributed by atoms with Gasteiger partial charge < -0.3 is 4.74 Å². The SMILES string of the molecule is COC(=O)c1cc(S(N)(=O)=O)cc(C)c1C. The van der Waals surface area contributed by atoms with Crippen LogP contribution in [0, 0.1) is 13.8 Å². The number of carbonyl (C=O) groups excluding carboxylic acids is 1. The van der Waals surface area contributed by atoms with Crippen LogP contribution >= 0.6 is 0 Å². The summed E-state index contributed by atoms with van der Waals surface area (Å²) in [6.45, 7) is 3.42. The molecule has 0 aliphatic heterocycles. The van der Waals surface area contributed by atoms with Gasteiger partial charge in [-0.05, 0) is 37.1 Å². The molecule has 0 fully saturated rings. The topological polar surface area (TPSA) is 86.5 Å². The molecule has 0 aromatic heterocycles. The van der Waals surface area contributed by atoms with Crippen molar-refractivity contribution in [3.8, 4) is 0 Å². The minimum Gasteiger partial charge on any atom is -0.465 e. The first-order chi connectivity index (χ1) is 7.27. The number of ether oxygens (including phenoxy) is 1. The van der Waals surface area contributed by atoms with Gasteiger partial charge in [0.1, 0.15) is 0 Å². The lowest BCUT2D eigenvalue weighted by atomic mass is 10.0. The van der Waals surface area contributed by atoms with Crippen LogP contribution < -0.4 is 5.14 Å². The average Bonchev–Trinajstić information content (AvgIpc) is 2.19. The molecule has 2 N–H and O–H groups in total. The Kier molecular flexibility index (Phi) is 3.35. The van der Waals surface area contributed by atoms with Crippen molar-refractivity contribution in [1.82, 2.24) is 0 Å².